The van der Waals surface area contributed by atoms with E-state index in [4.69, 9.17) is 4.74 Å². The Hall–Kier alpha value is -3.03. The van der Waals surface area contributed by atoms with Crippen LogP contribution in [0.1, 0.15) is 17.5 Å². The van der Waals surface area contributed by atoms with Crippen LogP contribution in [-0.2, 0) is 22.6 Å². The standard InChI is InChI=1S/C19H19F3N2O3/c1-27-16-9-5-3-6-13(16)10-11-17(25)23-12-14-7-2-4-8-15(14)24-18(26)19(20,21)22/h2-9H,10-12H2,1H3,(H,23,25)(H,24,26). The number of para-hydroxylation sites is 2. The Morgan fingerprint density at radius 1 is 1.00 bits per heavy atom. The number of benzene rings is 2. The second kappa shape index (κ2) is 9.07. The first kappa shape index (κ1) is 20.3. The van der Waals surface area contributed by atoms with Crippen molar-refractivity contribution in [2.24, 2.45) is 0 Å². The molecule has 0 aromatic heterocycles. The molecule has 2 aromatic carbocycles. The van der Waals surface area contributed by atoms with Gasteiger partial charge in [-0.15, -0.1) is 0 Å². The summed E-state index contributed by atoms with van der Waals surface area (Å²) in [6.45, 7) is -0.000924. The van der Waals surface area contributed by atoms with E-state index in [1.165, 1.54) is 18.2 Å². The maximum atomic E-state index is 12.4. The molecule has 0 aliphatic carbocycles. The molecule has 0 saturated heterocycles. The zero-order valence-corrected chi connectivity index (χ0v) is 14.6. The Morgan fingerprint density at radius 2 is 1.63 bits per heavy atom. The Balaban J connectivity index is 1.92. The first-order valence-corrected chi connectivity index (χ1v) is 8.16. The summed E-state index contributed by atoms with van der Waals surface area (Å²) in [6, 6.07) is 13.3. The van der Waals surface area contributed by atoms with Gasteiger partial charge in [-0.05, 0) is 29.7 Å². The number of hydrogen-bond donors (Lipinski definition) is 2. The summed E-state index contributed by atoms with van der Waals surface area (Å²) in [4.78, 5) is 23.2. The molecule has 2 rings (SSSR count). The molecule has 0 heterocycles. The molecule has 0 radical (unpaired) electrons. The summed E-state index contributed by atoms with van der Waals surface area (Å²) in [6.07, 6.45) is -4.33. The number of nitrogens with one attached hydrogen (secondary N) is 2. The lowest BCUT2D eigenvalue weighted by Gasteiger charge is -2.13. The van der Waals surface area contributed by atoms with Gasteiger partial charge in [-0.3, -0.25) is 9.59 Å². The number of carbonyl (C=O) groups is 2. The van der Waals surface area contributed by atoms with Crippen molar-refractivity contribution in [3.8, 4) is 5.75 Å². The molecular formula is C19H19F3N2O3. The van der Waals surface area contributed by atoms with Gasteiger partial charge in [-0.2, -0.15) is 13.2 Å². The lowest BCUT2D eigenvalue weighted by molar-refractivity contribution is -0.167. The average Bonchev–Trinajstić information content (AvgIpc) is 2.65. The fourth-order valence-corrected chi connectivity index (χ4v) is 2.43. The molecule has 0 saturated carbocycles. The molecule has 0 bridgehead atoms. The predicted molar refractivity (Wildman–Crippen MR) is 94.3 cm³/mol. The number of aryl methyl sites for hydroxylation is 1. The summed E-state index contributed by atoms with van der Waals surface area (Å²) in [5.74, 6) is -1.64. The fraction of sp³-hybridized carbons (Fsp3) is 0.263. The summed E-state index contributed by atoms with van der Waals surface area (Å²) in [5, 5.41) is 4.46. The van der Waals surface area contributed by atoms with Crippen molar-refractivity contribution in [2.75, 3.05) is 12.4 Å². The molecule has 27 heavy (non-hydrogen) atoms. The number of hydrogen-bond acceptors (Lipinski definition) is 3. The third-order valence-electron chi connectivity index (χ3n) is 3.81. The molecule has 2 aromatic rings. The summed E-state index contributed by atoms with van der Waals surface area (Å²) >= 11 is 0. The van der Waals surface area contributed by atoms with E-state index in [0.717, 1.165) is 5.56 Å². The van der Waals surface area contributed by atoms with Gasteiger partial charge in [0.15, 0.2) is 0 Å². The molecule has 0 fully saturated rings. The Bertz CT molecular complexity index is 807. The number of methoxy groups -OCH3 is 1. The van der Waals surface area contributed by atoms with Crippen LogP contribution in [0.25, 0.3) is 0 Å². The summed E-state index contributed by atoms with van der Waals surface area (Å²) < 4.78 is 42.5. The average molecular weight is 380 g/mol. The van der Waals surface area contributed by atoms with E-state index in [1.54, 1.807) is 19.2 Å². The molecule has 5 nitrogen and oxygen atoms in total. The van der Waals surface area contributed by atoms with Gasteiger partial charge in [0.05, 0.1) is 7.11 Å². The maximum absolute atomic E-state index is 12.4. The first-order valence-electron chi connectivity index (χ1n) is 8.16. The van der Waals surface area contributed by atoms with Crippen molar-refractivity contribution >= 4 is 17.5 Å². The SMILES string of the molecule is COc1ccccc1CCC(=O)NCc1ccccc1NC(=O)C(F)(F)F. The molecule has 2 amide bonds. The third-order valence-corrected chi connectivity index (χ3v) is 3.81. The number of carbonyl (C=O) groups excluding carboxylic acids is 2. The highest BCUT2D eigenvalue weighted by atomic mass is 19.4. The summed E-state index contributed by atoms with van der Waals surface area (Å²) in [7, 11) is 1.55. The van der Waals surface area contributed by atoms with E-state index >= 15 is 0 Å². The van der Waals surface area contributed by atoms with Gasteiger partial charge in [0.25, 0.3) is 0 Å². The molecule has 8 heteroatoms. The topological polar surface area (TPSA) is 67.4 Å². The minimum atomic E-state index is -4.98. The largest absolute Gasteiger partial charge is 0.496 e. The van der Waals surface area contributed by atoms with E-state index in [9.17, 15) is 22.8 Å². The lowest BCUT2D eigenvalue weighted by atomic mass is 10.1. The Morgan fingerprint density at radius 3 is 2.30 bits per heavy atom. The Kier molecular flexibility index (Phi) is 6.81. The van der Waals surface area contributed by atoms with Gasteiger partial charge >= 0.3 is 12.1 Å². The van der Waals surface area contributed by atoms with Crippen LogP contribution < -0.4 is 15.4 Å². The van der Waals surface area contributed by atoms with Gasteiger partial charge in [-0.1, -0.05) is 36.4 Å². The highest BCUT2D eigenvalue weighted by Gasteiger charge is 2.38. The van der Waals surface area contributed by atoms with E-state index in [0.29, 0.717) is 17.7 Å². The van der Waals surface area contributed by atoms with Crippen LogP contribution in [0.15, 0.2) is 48.5 Å². The number of amides is 2. The van der Waals surface area contributed by atoms with Crippen LogP contribution in [0.2, 0.25) is 0 Å². The molecule has 0 aliphatic heterocycles. The zero-order valence-electron chi connectivity index (χ0n) is 14.6. The maximum Gasteiger partial charge on any atom is 0.471 e. The molecule has 0 spiro atoms. The van der Waals surface area contributed by atoms with E-state index in [-0.39, 0.29) is 24.6 Å². The lowest BCUT2D eigenvalue weighted by Crippen LogP contribution is -2.31. The van der Waals surface area contributed by atoms with Crippen LogP contribution in [0.5, 0.6) is 5.75 Å². The van der Waals surface area contributed by atoms with Crippen molar-refractivity contribution in [2.45, 2.75) is 25.6 Å². The quantitative estimate of drug-likeness (QED) is 0.773. The predicted octanol–water partition coefficient (Wildman–Crippen LogP) is 3.45. The van der Waals surface area contributed by atoms with Crippen LogP contribution in [0.4, 0.5) is 18.9 Å². The molecule has 0 aliphatic rings. The van der Waals surface area contributed by atoms with Gasteiger partial charge < -0.3 is 15.4 Å². The molecule has 144 valence electrons. The van der Waals surface area contributed by atoms with Crippen LogP contribution in [0, 0.1) is 0 Å². The molecule has 0 atom stereocenters. The summed E-state index contributed by atoms with van der Waals surface area (Å²) in [5.41, 5.74) is 1.26. The first-order chi connectivity index (χ1) is 12.8. The van der Waals surface area contributed by atoms with Gasteiger partial charge in [0.1, 0.15) is 5.75 Å². The van der Waals surface area contributed by atoms with E-state index < -0.39 is 12.1 Å². The molecule has 2 N–H and O–H groups in total. The van der Waals surface area contributed by atoms with Crippen LogP contribution >= 0.6 is 0 Å². The highest BCUT2D eigenvalue weighted by Crippen LogP contribution is 2.21. The van der Waals surface area contributed by atoms with Crippen molar-refractivity contribution < 1.29 is 27.5 Å². The number of alkyl halides is 3. The van der Waals surface area contributed by atoms with Crippen molar-refractivity contribution in [3.05, 3.63) is 59.7 Å². The normalized spacial score (nSPS) is 11.0. The second-order valence-corrected chi connectivity index (χ2v) is 5.70. The fourth-order valence-electron chi connectivity index (χ4n) is 2.43. The smallest absolute Gasteiger partial charge is 0.471 e. The second-order valence-electron chi connectivity index (χ2n) is 5.70. The zero-order chi connectivity index (χ0) is 19.9. The number of rotatable bonds is 7. The number of ether oxygens (including phenoxy) is 1. The minimum absolute atomic E-state index is 0.000924. The molecular weight excluding hydrogens is 361 g/mol. The number of halogens is 3. The monoisotopic (exact) mass is 380 g/mol. The Labute approximate surface area is 154 Å². The van der Waals surface area contributed by atoms with Gasteiger partial charge in [-0.25, -0.2) is 0 Å². The van der Waals surface area contributed by atoms with Crippen LogP contribution in [-0.4, -0.2) is 25.1 Å². The van der Waals surface area contributed by atoms with Gasteiger partial charge in [0.2, 0.25) is 5.91 Å². The third kappa shape index (κ3) is 6.02. The minimum Gasteiger partial charge on any atom is -0.496 e. The van der Waals surface area contributed by atoms with Crippen LogP contribution in [0.3, 0.4) is 0 Å². The highest BCUT2D eigenvalue weighted by molar-refractivity contribution is 5.95. The van der Waals surface area contributed by atoms with E-state index in [2.05, 4.69) is 5.32 Å². The van der Waals surface area contributed by atoms with E-state index in [1.807, 2.05) is 23.5 Å². The van der Waals surface area contributed by atoms with Crippen molar-refractivity contribution in [3.63, 3.8) is 0 Å². The van der Waals surface area contributed by atoms with Crippen molar-refractivity contribution in [1.82, 2.24) is 5.32 Å². The van der Waals surface area contributed by atoms with Crippen molar-refractivity contribution in [1.29, 1.82) is 0 Å². The van der Waals surface area contributed by atoms with Gasteiger partial charge in [0, 0.05) is 18.7 Å². The molecule has 0 unspecified atom stereocenters. The number of anilines is 1.